The maximum Gasteiger partial charge on any atom is 0.266 e. The first kappa shape index (κ1) is 19.2. The molecule has 0 aliphatic carbocycles. The molecule has 134 valence electrons. The van der Waals surface area contributed by atoms with Gasteiger partial charge in [0.2, 0.25) is 0 Å². The molecule has 0 aromatic heterocycles. The first-order chi connectivity index (χ1) is 12.3. The van der Waals surface area contributed by atoms with Crippen molar-refractivity contribution in [3.8, 4) is 11.8 Å². The van der Waals surface area contributed by atoms with Crippen molar-refractivity contribution in [1.29, 1.82) is 5.26 Å². The van der Waals surface area contributed by atoms with Gasteiger partial charge in [0.25, 0.3) is 5.91 Å². The lowest BCUT2D eigenvalue weighted by Gasteiger charge is -2.15. The Morgan fingerprint density at radius 1 is 1.27 bits per heavy atom. The second kappa shape index (κ2) is 8.30. The molecule has 0 bridgehead atoms. The van der Waals surface area contributed by atoms with Gasteiger partial charge in [-0.15, -0.1) is 0 Å². The zero-order chi connectivity index (χ0) is 19.3. The fraction of sp³-hybridized carbons (Fsp3) is 0.238. The number of ether oxygens (including phenoxy) is 1. The van der Waals surface area contributed by atoms with Gasteiger partial charge in [0.1, 0.15) is 23.2 Å². The molecule has 0 heterocycles. The summed E-state index contributed by atoms with van der Waals surface area (Å²) < 4.78 is 18.4. The predicted molar refractivity (Wildman–Crippen MR) is 100 cm³/mol. The fourth-order valence-electron chi connectivity index (χ4n) is 2.54. The molecule has 4 nitrogen and oxygen atoms in total. The molecule has 2 aromatic carbocycles. The summed E-state index contributed by atoms with van der Waals surface area (Å²) in [5.41, 5.74) is 3.07. The van der Waals surface area contributed by atoms with Crippen molar-refractivity contribution in [2.45, 2.75) is 26.7 Å². The van der Waals surface area contributed by atoms with E-state index >= 15 is 0 Å². The van der Waals surface area contributed by atoms with Crippen LogP contribution in [0.5, 0.6) is 5.75 Å². The highest BCUT2D eigenvalue weighted by Crippen LogP contribution is 2.30. The maximum absolute atomic E-state index is 13.0. The predicted octanol–water partition coefficient (Wildman–Crippen LogP) is 4.81. The van der Waals surface area contributed by atoms with Crippen molar-refractivity contribution in [3.05, 3.63) is 64.5 Å². The van der Waals surface area contributed by atoms with Crippen molar-refractivity contribution >= 4 is 17.7 Å². The Hall–Kier alpha value is -3.13. The summed E-state index contributed by atoms with van der Waals surface area (Å²) in [5, 5.41) is 12.0. The molecule has 0 unspecified atom stereocenters. The molecule has 0 aliphatic heterocycles. The summed E-state index contributed by atoms with van der Waals surface area (Å²) in [5.74, 6) is 0.0785. The minimum Gasteiger partial charge on any atom is -0.496 e. The minimum absolute atomic E-state index is 0.0303. The Morgan fingerprint density at radius 3 is 2.46 bits per heavy atom. The van der Waals surface area contributed by atoms with Gasteiger partial charge in [-0.1, -0.05) is 13.8 Å². The van der Waals surface area contributed by atoms with Crippen LogP contribution in [0.15, 0.2) is 42.0 Å². The van der Waals surface area contributed by atoms with E-state index in [-0.39, 0.29) is 11.5 Å². The number of methoxy groups -OCH3 is 1. The molecule has 0 saturated heterocycles. The third-order valence-electron chi connectivity index (χ3n) is 4.01. The van der Waals surface area contributed by atoms with E-state index in [2.05, 4.69) is 5.32 Å². The van der Waals surface area contributed by atoms with Crippen molar-refractivity contribution in [3.63, 3.8) is 0 Å². The molecule has 1 amide bonds. The molecule has 0 atom stereocenters. The summed E-state index contributed by atoms with van der Waals surface area (Å²) in [6.07, 6.45) is 1.56. The number of nitrogens with zero attached hydrogens (tertiary/aromatic N) is 1. The second-order valence-corrected chi connectivity index (χ2v) is 6.24. The molecular weight excluding hydrogens is 331 g/mol. The quantitative estimate of drug-likeness (QED) is 0.620. The molecular formula is C21H21FN2O2. The molecule has 2 aromatic rings. The number of hydrogen-bond donors (Lipinski definition) is 1. The Morgan fingerprint density at radius 2 is 1.92 bits per heavy atom. The Balaban J connectivity index is 2.36. The van der Waals surface area contributed by atoms with E-state index in [9.17, 15) is 14.4 Å². The fourth-order valence-corrected chi connectivity index (χ4v) is 2.54. The van der Waals surface area contributed by atoms with Crippen LogP contribution in [-0.4, -0.2) is 13.0 Å². The van der Waals surface area contributed by atoms with Gasteiger partial charge in [0.15, 0.2) is 0 Å². The molecule has 0 radical (unpaired) electrons. The van der Waals surface area contributed by atoms with Crippen molar-refractivity contribution in [2.24, 2.45) is 0 Å². The molecule has 0 saturated carbocycles. The number of nitriles is 1. The van der Waals surface area contributed by atoms with Gasteiger partial charge in [-0.25, -0.2) is 4.39 Å². The number of aryl methyl sites for hydroxylation is 1. The van der Waals surface area contributed by atoms with E-state index < -0.39 is 11.7 Å². The van der Waals surface area contributed by atoms with Gasteiger partial charge in [-0.05, 0) is 72.0 Å². The van der Waals surface area contributed by atoms with Crippen LogP contribution in [0.4, 0.5) is 10.1 Å². The zero-order valence-corrected chi connectivity index (χ0v) is 15.3. The van der Waals surface area contributed by atoms with E-state index in [1.54, 1.807) is 13.2 Å². The van der Waals surface area contributed by atoms with Crippen LogP contribution in [0.25, 0.3) is 6.08 Å². The lowest BCUT2D eigenvalue weighted by molar-refractivity contribution is -0.112. The number of nitrogens with one attached hydrogen (secondary N) is 1. The highest BCUT2D eigenvalue weighted by atomic mass is 19.1. The molecule has 0 aliphatic rings. The lowest BCUT2D eigenvalue weighted by atomic mass is 9.95. The molecule has 1 N–H and O–H groups in total. The van der Waals surface area contributed by atoms with Crippen LogP contribution in [0, 0.1) is 24.1 Å². The third kappa shape index (κ3) is 4.48. The smallest absolute Gasteiger partial charge is 0.266 e. The summed E-state index contributed by atoms with van der Waals surface area (Å²) in [6.45, 7) is 5.99. The summed E-state index contributed by atoms with van der Waals surface area (Å²) in [4.78, 5) is 12.4. The Bertz CT molecular complexity index is 878. The number of hydrogen-bond acceptors (Lipinski definition) is 3. The molecule has 26 heavy (non-hydrogen) atoms. The number of anilines is 1. The van der Waals surface area contributed by atoms with E-state index in [4.69, 9.17) is 4.74 Å². The number of carbonyl (C=O) groups is 1. The SMILES string of the molecule is COc1cc(C)c(/C=C(\C#N)C(=O)Nc2ccc(F)cc2)cc1C(C)C. The summed E-state index contributed by atoms with van der Waals surface area (Å²) >= 11 is 0. The van der Waals surface area contributed by atoms with Gasteiger partial charge in [0, 0.05) is 5.69 Å². The molecule has 0 fully saturated rings. The topological polar surface area (TPSA) is 62.1 Å². The van der Waals surface area contributed by atoms with Gasteiger partial charge < -0.3 is 10.1 Å². The lowest BCUT2D eigenvalue weighted by Crippen LogP contribution is -2.13. The van der Waals surface area contributed by atoms with E-state index in [1.807, 2.05) is 39.0 Å². The number of benzene rings is 2. The molecule has 5 heteroatoms. The Labute approximate surface area is 152 Å². The van der Waals surface area contributed by atoms with Crippen LogP contribution in [0.1, 0.15) is 36.5 Å². The molecule has 2 rings (SSSR count). The van der Waals surface area contributed by atoms with Crippen LogP contribution in [0.2, 0.25) is 0 Å². The summed E-state index contributed by atoms with van der Waals surface area (Å²) in [6, 6.07) is 11.1. The highest BCUT2D eigenvalue weighted by molar-refractivity contribution is 6.09. The number of amides is 1. The van der Waals surface area contributed by atoms with Crippen LogP contribution in [-0.2, 0) is 4.79 Å². The normalized spacial score (nSPS) is 11.2. The van der Waals surface area contributed by atoms with Crippen LogP contribution >= 0.6 is 0 Å². The monoisotopic (exact) mass is 352 g/mol. The molecule has 0 spiro atoms. The van der Waals surface area contributed by atoms with E-state index in [0.29, 0.717) is 5.69 Å². The first-order valence-electron chi connectivity index (χ1n) is 8.23. The number of halogens is 1. The largest absolute Gasteiger partial charge is 0.496 e. The van der Waals surface area contributed by atoms with Gasteiger partial charge >= 0.3 is 0 Å². The van der Waals surface area contributed by atoms with Crippen LogP contribution < -0.4 is 10.1 Å². The van der Waals surface area contributed by atoms with Gasteiger partial charge in [-0.3, -0.25) is 4.79 Å². The van der Waals surface area contributed by atoms with E-state index in [0.717, 1.165) is 22.4 Å². The zero-order valence-electron chi connectivity index (χ0n) is 15.3. The van der Waals surface area contributed by atoms with Crippen molar-refractivity contribution in [2.75, 3.05) is 12.4 Å². The number of carbonyl (C=O) groups excluding carboxylic acids is 1. The van der Waals surface area contributed by atoms with Crippen LogP contribution in [0.3, 0.4) is 0 Å². The third-order valence-corrected chi connectivity index (χ3v) is 4.01. The summed E-state index contributed by atoms with van der Waals surface area (Å²) in [7, 11) is 1.62. The first-order valence-corrected chi connectivity index (χ1v) is 8.23. The second-order valence-electron chi connectivity index (χ2n) is 6.24. The van der Waals surface area contributed by atoms with Crippen molar-refractivity contribution in [1.82, 2.24) is 0 Å². The Kier molecular flexibility index (Phi) is 6.13. The number of rotatable bonds is 5. The van der Waals surface area contributed by atoms with Crippen molar-refractivity contribution < 1.29 is 13.9 Å². The average Bonchev–Trinajstić information content (AvgIpc) is 2.61. The average molecular weight is 352 g/mol. The van der Waals surface area contributed by atoms with Gasteiger partial charge in [-0.2, -0.15) is 5.26 Å². The highest BCUT2D eigenvalue weighted by Gasteiger charge is 2.14. The van der Waals surface area contributed by atoms with Gasteiger partial charge in [0.05, 0.1) is 7.11 Å². The minimum atomic E-state index is -0.541. The standard InChI is InChI=1S/C21H21FN2O2/c1-13(2)19-11-15(14(3)9-20(19)26-4)10-16(12-23)21(25)24-18-7-5-17(22)6-8-18/h5-11,13H,1-4H3,(H,24,25)/b16-10+. The maximum atomic E-state index is 13.0. The van der Waals surface area contributed by atoms with E-state index in [1.165, 1.54) is 24.3 Å².